The predicted molar refractivity (Wildman–Crippen MR) is 89.2 cm³/mol. The highest BCUT2D eigenvalue weighted by molar-refractivity contribution is 7.17. The van der Waals surface area contributed by atoms with E-state index in [1.165, 1.54) is 40.6 Å². The van der Waals surface area contributed by atoms with Crippen molar-refractivity contribution >= 4 is 28.2 Å². The molecule has 0 radical (unpaired) electrons. The monoisotopic (exact) mass is 347 g/mol. The number of carbonyl (C=O) groups excluding carboxylic acids is 1. The molecule has 0 aliphatic carbocycles. The average Bonchev–Trinajstić information content (AvgIpc) is 3.16. The number of nitrogens with zero attached hydrogens (tertiary/aromatic N) is 4. The number of carbonyl (C=O) groups is 1. The molecule has 0 fully saturated rings. The van der Waals surface area contributed by atoms with Crippen LogP contribution in [0.5, 0.6) is 10.8 Å². The smallest absolute Gasteiger partial charge is 0.327 e. The Morgan fingerprint density at radius 2 is 2.25 bits per heavy atom. The Bertz CT molecular complexity index is 863. The van der Waals surface area contributed by atoms with Crippen LogP contribution in [0.15, 0.2) is 42.9 Å². The second kappa shape index (κ2) is 6.67. The quantitative estimate of drug-likeness (QED) is 0.784. The Morgan fingerprint density at radius 1 is 1.42 bits per heavy atom. The number of benzene rings is 1. The van der Waals surface area contributed by atoms with Gasteiger partial charge in [0.05, 0.1) is 18.6 Å². The average molecular weight is 347 g/mol. The Morgan fingerprint density at radius 3 is 2.96 bits per heavy atom. The summed E-state index contributed by atoms with van der Waals surface area (Å²) in [6, 6.07) is 5.35. The molecule has 0 aliphatic rings. The molecule has 3 rings (SSSR count). The van der Waals surface area contributed by atoms with Gasteiger partial charge in [0, 0.05) is 19.8 Å². The number of hydrogen-bond donors (Lipinski definition) is 1. The molecule has 2 heterocycles. The summed E-state index contributed by atoms with van der Waals surface area (Å²) in [6.45, 7) is 0. The minimum absolute atomic E-state index is 0.377. The van der Waals surface area contributed by atoms with E-state index in [4.69, 9.17) is 4.74 Å². The molecule has 0 unspecified atom stereocenters. The molecule has 1 N–H and O–H groups in total. The van der Waals surface area contributed by atoms with Crippen LogP contribution in [-0.2, 0) is 7.05 Å². The molecule has 1 aromatic carbocycles. The molecule has 0 aliphatic heterocycles. The van der Waals surface area contributed by atoms with Gasteiger partial charge in [0.25, 0.3) is 0 Å². The zero-order valence-corrected chi connectivity index (χ0v) is 13.7. The van der Waals surface area contributed by atoms with E-state index in [9.17, 15) is 9.18 Å². The largest absolute Gasteiger partial charge is 0.442 e. The molecule has 0 spiro atoms. The van der Waals surface area contributed by atoms with E-state index in [0.717, 1.165) is 0 Å². The lowest BCUT2D eigenvalue weighted by molar-refractivity contribution is 0.258. The minimum atomic E-state index is -0.428. The van der Waals surface area contributed by atoms with Gasteiger partial charge >= 0.3 is 6.03 Å². The van der Waals surface area contributed by atoms with Crippen molar-refractivity contribution in [2.45, 2.75) is 0 Å². The standard InChI is InChI=1S/C15H14FN5O2S/c1-20-9-12(7-18-20)23-13-8-17-14(24-13)19-15(22)21(2)11-5-3-4-10(16)6-11/h3-9H,1-2H3,(H,17,19,22). The summed E-state index contributed by atoms with van der Waals surface area (Å²) in [5, 5.41) is 7.54. The zero-order chi connectivity index (χ0) is 17.1. The third-order valence-electron chi connectivity index (χ3n) is 3.10. The number of rotatable bonds is 4. The van der Waals surface area contributed by atoms with E-state index in [1.807, 2.05) is 0 Å². The fraction of sp³-hybridized carbons (Fsp3) is 0.133. The summed E-state index contributed by atoms with van der Waals surface area (Å²) in [4.78, 5) is 17.6. The molecule has 9 heteroatoms. The van der Waals surface area contributed by atoms with Crippen LogP contribution in [0, 0.1) is 5.82 Å². The predicted octanol–water partition coefficient (Wildman–Crippen LogP) is 3.48. The van der Waals surface area contributed by atoms with Crippen LogP contribution < -0.4 is 15.0 Å². The molecule has 24 heavy (non-hydrogen) atoms. The van der Waals surface area contributed by atoms with Crippen LogP contribution in [-0.4, -0.2) is 27.8 Å². The van der Waals surface area contributed by atoms with Crippen molar-refractivity contribution in [2.24, 2.45) is 7.05 Å². The van der Waals surface area contributed by atoms with Crippen LogP contribution in [0.1, 0.15) is 0 Å². The van der Waals surface area contributed by atoms with Gasteiger partial charge in [0.2, 0.25) is 5.06 Å². The molecule has 0 saturated carbocycles. The van der Waals surface area contributed by atoms with E-state index >= 15 is 0 Å². The lowest BCUT2D eigenvalue weighted by Gasteiger charge is -2.16. The van der Waals surface area contributed by atoms with Crippen molar-refractivity contribution in [1.82, 2.24) is 14.8 Å². The molecular weight excluding hydrogens is 333 g/mol. The maximum Gasteiger partial charge on any atom is 0.327 e. The molecule has 0 bridgehead atoms. The van der Waals surface area contributed by atoms with Gasteiger partial charge in [0.1, 0.15) is 5.82 Å². The van der Waals surface area contributed by atoms with Gasteiger partial charge in [-0.3, -0.25) is 14.9 Å². The number of aromatic nitrogens is 3. The Kier molecular flexibility index (Phi) is 4.43. The molecule has 2 aromatic heterocycles. The van der Waals surface area contributed by atoms with Gasteiger partial charge < -0.3 is 4.74 Å². The van der Waals surface area contributed by atoms with Crippen molar-refractivity contribution in [1.29, 1.82) is 0 Å². The normalized spacial score (nSPS) is 10.5. The molecule has 0 saturated heterocycles. The third-order valence-corrected chi connectivity index (χ3v) is 3.89. The first-order valence-corrected chi connectivity index (χ1v) is 7.75. The summed E-state index contributed by atoms with van der Waals surface area (Å²) in [7, 11) is 3.33. The van der Waals surface area contributed by atoms with Crippen molar-refractivity contribution in [2.75, 3.05) is 17.3 Å². The first-order valence-electron chi connectivity index (χ1n) is 6.94. The van der Waals surface area contributed by atoms with Gasteiger partial charge in [-0.2, -0.15) is 5.10 Å². The van der Waals surface area contributed by atoms with Gasteiger partial charge in [0.15, 0.2) is 10.9 Å². The zero-order valence-electron chi connectivity index (χ0n) is 12.9. The Hall–Kier alpha value is -2.94. The highest BCUT2D eigenvalue weighted by atomic mass is 32.1. The number of nitrogens with one attached hydrogen (secondary N) is 1. The summed E-state index contributed by atoms with van der Waals surface area (Å²) < 4.78 is 20.4. The van der Waals surface area contributed by atoms with Crippen molar-refractivity contribution in [3.63, 3.8) is 0 Å². The number of amides is 2. The fourth-order valence-electron chi connectivity index (χ4n) is 1.91. The summed E-state index contributed by atoms with van der Waals surface area (Å²) >= 11 is 1.18. The molecule has 124 valence electrons. The topological polar surface area (TPSA) is 72.3 Å². The van der Waals surface area contributed by atoms with E-state index in [2.05, 4.69) is 15.4 Å². The third kappa shape index (κ3) is 3.69. The Balaban J connectivity index is 1.64. The van der Waals surface area contributed by atoms with E-state index in [-0.39, 0.29) is 0 Å². The van der Waals surface area contributed by atoms with Crippen LogP contribution in [0.25, 0.3) is 0 Å². The number of ether oxygens (including phenoxy) is 1. The number of anilines is 2. The van der Waals surface area contributed by atoms with Gasteiger partial charge in [-0.15, -0.1) is 0 Å². The van der Waals surface area contributed by atoms with Gasteiger partial charge in [-0.1, -0.05) is 17.4 Å². The Labute approximate surface area is 141 Å². The number of aryl methyl sites for hydroxylation is 1. The van der Waals surface area contributed by atoms with Crippen LogP contribution in [0.3, 0.4) is 0 Å². The number of halogens is 1. The first kappa shape index (κ1) is 15.9. The van der Waals surface area contributed by atoms with Crippen LogP contribution in [0.2, 0.25) is 0 Å². The maximum absolute atomic E-state index is 13.2. The highest BCUT2D eigenvalue weighted by Gasteiger charge is 2.14. The van der Waals surface area contributed by atoms with Crippen molar-refractivity contribution in [3.05, 3.63) is 48.7 Å². The lowest BCUT2D eigenvalue weighted by Crippen LogP contribution is -2.31. The highest BCUT2D eigenvalue weighted by Crippen LogP contribution is 2.30. The lowest BCUT2D eigenvalue weighted by atomic mass is 10.3. The molecule has 0 atom stereocenters. The fourth-order valence-corrected chi connectivity index (χ4v) is 2.59. The second-order valence-corrected chi connectivity index (χ2v) is 5.90. The maximum atomic E-state index is 13.2. The van der Waals surface area contributed by atoms with E-state index in [1.54, 1.807) is 37.2 Å². The van der Waals surface area contributed by atoms with Crippen LogP contribution in [0.4, 0.5) is 20.0 Å². The number of thiazole rings is 1. The molecule has 7 nitrogen and oxygen atoms in total. The summed E-state index contributed by atoms with van der Waals surface area (Å²) in [5.41, 5.74) is 0.441. The SMILES string of the molecule is CN(C(=O)Nc1ncc(Oc2cnn(C)c2)s1)c1cccc(F)c1. The summed E-state index contributed by atoms with van der Waals surface area (Å²) in [5.74, 6) is 0.171. The van der Waals surface area contributed by atoms with Crippen LogP contribution >= 0.6 is 11.3 Å². The molecule has 3 aromatic rings. The second-order valence-electron chi connectivity index (χ2n) is 4.91. The van der Waals surface area contributed by atoms with Gasteiger partial charge in [-0.25, -0.2) is 14.2 Å². The number of hydrogen-bond acceptors (Lipinski definition) is 5. The first-order chi connectivity index (χ1) is 11.5. The van der Waals surface area contributed by atoms with E-state index in [0.29, 0.717) is 21.6 Å². The van der Waals surface area contributed by atoms with Crippen molar-refractivity contribution < 1.29 is 13.9 Å². The van der Waals surface area contributed by atoms with E-state index < -0.39 is 11.8 Å². The number of urea groups is 1. The van der Waals surface area contributed by atoms with Crippen molar-refractivity contribution in [3.8, 4) is 10.8 Å². The molecular formula is C15H14FN5O2S. The molecule has 2 amide bonds. The summed E-state index contributed by atoms with van der Waals surface area (Å²) in [6.07, 6.45) is 4.81. The minimum Gasteiger partial charge on any atom is -0.442 e. The van der Waals surface area contributed by atoms with Gasteiger partial charge in [-0.05, 0) is 18.2 Å².